The topological polar surface area (TPSA) is 101 Å². The van der Waals surface area contributed by atoms with Gasteiger partial charge in [0.05, 0.1) is 6.20 Å². The molecule has 0 radical (unpaired) electrons. The first kappa shape index (κ1) is 9.98. The van der Waals surface area contributed by atoms with Gasteiger partial charge in [0.15, 0.2) is 11.6 Å². The molecule has 2 aromatic rings. The maximum Gasteiger partial charge on any atom is 0.199 e. The zero-order valence-corrected chi connectivity index (χ0v) is 8.55. The summed E-state index contributed by atoms with van der Waals surface area (Å²) in [5.41, 5.74) is 6.77. The van der Waals surface area contributed by atoms with E-state index in [1.54, 1.807) is 12.4 Å². The van der Waals surface area contributed by atoms with Crippen molar-refractivity contribution >= 4 is 5.82 Å². The molecule has 0 spiro atoms. The molecule has 0 amide bonds. The predicted octanol–water partition coefficient (Wildman–Crippen LogP) is 0.696. The summed E-state index contributed by atoms with van der Waals surface area (Å²) in [4.78, 5) is 16.1. The highest BCUT2D eigenvalue weighted by Crippen LogP contribution is 2.12. The van der Waals surface area contributed by atoms with Crippen LogP contribution in [0.25, 0.3) is 11.6 Å². The van der Waals surface area contributed by atoms with Crippen LogP contribution in [0.4, 0.5) is 5.82 Å². The van der Waals surface area contributed by atoms with E-state index in [0.717, 1.165) is 5.56 Å². The van der Waals surface area contributed by atoms with E-state index < -0.39 is 0 Å². The van der Waals surface area contributed by atoms with Crippen molar-refractivity contribution in [3.8, 4) is 17.7 Å². The van der Waals surface area contributed by atoms with Crippen molar-refractivity contribution in [3.05, 3.63) is 29.7 Å². The number of anilines is 1. The Morgan fingerprint density at radius 3 is 2.31 bits per heavy atom. The largest absolute Gasteiger partial charge is 0.382 e. The summed E-state index contributed by atoms with van der Waals surface area (Å²) in [5.74, 6) is 0.843. The first-order chi connectivity index (χ1) is 7.70. The lowest BCUT2D eigenvalue weighted by atomic mass is 10.3. The van der Waals surface area contributed by atoms with Crippen molar-refractivity contribution in [2.24, 2.45) is 0 Å². The van der Waals surface area contributed by atoms with Crippen LogP contribution in [0.1, 0.15) is 11.1 Å². The first-order valence-corrected chi connectivity index (χ1v) is 4.52. The van der Waals surface area contributed by atoms with Crippen LogP contribution in [-0.2, 0) is 0 Å². The number of aryl methyl sites for hydroxylation is 1. The summed E-state index contributed by atoms with van der Waals surface area (Å²) in [6, 6.07) is 1.89. The average molecular weight is 212 g/mol. The Kier molecular flexibility index (Phi) is 2.44. The molecule has 6 heteroatoms. The smallest absolute Gasteiger partial charge is 0.199 e. The summed E-state index contributed by atoms with van der Waals surface area (Å²) in [7, 11) is 0. The number of aromatic nitrogens is 4. The molecule has 0 aromatic carbocycles. The zero-order chi connectivity index (χ0) is 11.5. The molecule has 0 aliphatic carbocycles. The maximum absolute atomic E-state index is 8.68. The molecule has 78 valence electrons. The van der Waals surface area contributed by atoms with Crippen LogP contribution in [0, 0.1) is 18.3 Å². The van der Waals surface area contributed by atoms with Gasteiger partial charge in [-0.15, -0.1) is 0 Å². The standard InChI is InChI=1S/C10H8N6/c1-6-3-13-9(14-4-6)10-15-5-7(2-11)8(12)16-10/h3-5H,1H3,(H2,12,15,16). The highest BCUT2D eigenvalue weighted by molar-refractivity contribution is 5.53. The number of hydrogen-bond acceptors (Lipinski definition) is 6. The third kappa shape index (κ3) is 1.79. The fraction of sp³-hybridized carbons (Fsp3) is 0.100. The molecule has 6 nitrogen and oxygen atoms in total. The van der Waals surface area contributed by atoms with Gasteiger partial charge in [0.2, 0.25) is 0 Å². The molecule has 0 saturated heterocycles. The maximum atomic E-state index is 8.68. The van der Waals surface area contributed by atoms with Gasteiger partial charge in [-0.1, -0.05) is 0 Å². The summed E-state index contributed by atoms with van der Waals surface area (Å²) in [6.07, 6.45) is 4.70. The van der Waals surface area contributed by atoms with E-state index in [1.807, 2.05) is 13.0 Å². The van der Waals surface area contributed by atoms with E-state index in [9.17, 15) is 0 Å². The van der Waals surface area contributed by atoms with Gasteiger partial charge in [-0.2, -0.15) is 5.26 Å². The third-order valence-corrected chi connectivity index (χ3v) is 1.92. The summed E-state index contributed by atoms with van der Waals surface area (Å²) >= 11 is 0. The molecule has 0 atom stereocenters. The molecular formula is C10H8N6. The molecule has 0 fully saturated rings. The Bertz CT molecular complexity index is 555. The lowest BCUT2D eigenvalue weighted by Gasteiger charge is -2.00. The number of nitrogens with two attached hydrogens (primary N) is 1. The second-order valence-corrected chi connectivity index (χ2v) is 3.19. The van der Waals surface area contributed by atoms with Crippen LogP contribution in [0.15, 0.2) is 18.6 Å². The van der Waals surface area contributed by atoms with Gasteiger partial charge >= 0.3 is 0 Å². The van der Waals surface area contributed by atoms with Crippen molar-refractivity contribution in [1.82, 2.24) is 19.9 Å². The molecule has 2 aromatic heterocycles. The van der Waals surface area contributed by atoms with Gasteiger partial charge in [0.1, 0.15) is 17.5 Å². The van der Waals surface area contributed by atoms with Gasteiger partial charge < -0.3 is 5.73 Å². The van der Waals surface area contributed by atoms with Crippen molar-refractivity contribution in [1.29, 1.82) is 5.26 Å². The minimum absolute atomic E-state index is 0.136. The van der Waals surface area contributed by atoms with Crippen molar-refractivity contribution in [2.75, 3.05) is 5.73 Å². The zero-order valence-electron chi connectivity index (χ0n) is 8.55. The van der Waals surface area contributed by atoms with Crippen molar-refractivity contribution in [3.63, 3.8) is 0 Å². The van der Waals surface area contributed by atoms with E-state index in [1.165, 1.54) is 6.20 Å². The minimum Gasteiger partial charge on any atom is -0.382 e. The molecule has 0 unspecified atom stereocenters. The average Bonchev–Trinajstić information content (AvgIpc) is 2.30. The number of nitrogens with zero attached hydrogens (tertiary/aromatic N) is 5. The molecule has 0 aliphatic heterocycles. The van der Waals surface area contributed by atoms with Crippen LogP contribution < -0.4 is 5.73 Å². The predicted molar refractivity (Wildman–Crippen MR) is 56.9 cm³/mol. The van der Waals surface area contributed by atoms with E-state index in [2.05, 4.69) is 19.9 Å². The Balaban J connectivity index is 2.46. The second kappa shape index (κ2) is 3.90. The lowest BCUT2D eigenvalue weighted by molar-refractivity contribution is 1.06. The summed E-state index contributed by atoms with van der Waals surface area (Å²) in [6.45, 7) is 1.89. The number of nitrogen functional groups attached to an aromatic ring is 1. The number of rotatable bonds is 1. The van der Waals surface area contributed by atoms with Crippen LogP contribution in [0.5, 0.6) is 0 Å². The Labute approximate surface area is 91.8 Å². The minimum atomic E-state index is 0.136. The van der Waals surface area contributed by atoms with Crippen molar-refractivity contribution < 1.29 is 0 Å². The van der Waals surface area contributed by atoms with Gasteiger partial charge in [-0.25, -0.2) is 19.9 Å². The molecule has 2 rings (SSSR count). The molecule has 2 heterocycles. The van der Waals surface area contributed by atoms with Gasteiger partial charge in [-0.05, 0) is 12.5 Å². The normalized spacial score (nSPS) is 9.75. The third-order valence-electron chi connectivity index (χ3n) is 1.92. The Hall–Kier alpha value is -2.55. The monoisotopic (exact) mass is 212 g/mol. The molecule has 0 aliphatic rings. The first-order valence-electron chi connectivity index (χ1n) is 4.52. The SMILES string of the molecule is Cc1cnc(-c2ncc(C#N)c(N)n2)nc1. The lowest BCUT2D eigenvalue weighted by Crippen LogP contribution is -2.01. The van der Waals surface area contributed by atoms with Crippen molar-refractivity contribution in [2.45, 2.75) is 6.92 Å². The highest BCUT2D eigenvalue weighted by atomic mass is 15.0. The summed E-state index contributed by atoms with van der Waals surface area (Å²) < 4.78 is 0. The second-order valence-electron chi connectivity index (χ2n) is 3.19. The van der Waals surface area contributed by atoms with Crippen LogP contribution in [0.3, 0.4) is 0 Å². The van der Waals surface area contributed by atoms with Gasteiger partial charge in [-0.3, -0.25) is 0 Å². The molecule has 0 saturated carbocycles. The van der Waals surface area contributed by atoms with E-state index >= 15 is 0 Å². The molecule has 2 N–H and O–H groups in total. The summed E-state index contributed by atoms with van der Waals surface area (Å²) in [5, 5.41) is 8.68. The van der Waals surface area contributed by atoms with Crippen LogP contribution in [0.2, 0.25) is 0 Å². The number of nitriles is 1. The molecule has 0 bridgehead atoms. The van der Waals surface area contributed by atoms with Crippen LogP contribution in [-0.4, -0.2) is 19.9 Å². The molecule has 16 heavy (non-hydrogen) atoms. The fourth-order valence-corrected chi connectivity index (χ4v) is 1.10. The van der Waals surface area contributed by atoms with E-state index in [4.69, 9.17) is 11.0 Å². The number of hydrogen-bond donors (Lipinski definition) is 1. The highest BCUT2D eigenvalue weighted by Gasteiger charge is 2.07. The fourth-order valence-electron chi connectivity index (χ4n) is 1.10. The Morgan fingerprint density at radius 2 is 1.75 bits per heavy atom. The van der Waals surface area contributed by atoms with Gasteiger partial charge in [0, 0.05) is 12.4 Å². The van der Waals surface area contributed by atoms with Gasteiger partial charge in [0.25, 0.3) is 0 Å². The molecular weight excluding hydrogens is 204 g/mol. The van der Waals surface area contributed by atoms with E-state index in [0.29, 0.717) is 11.6 Å². The van der Waals surface area contributed by atoms with Crippen LogP contribution >= 0.6 is 0 Å². The quantitative estimate of drug-likeness (QED) is 0.746. The Morgan fingerprint density at radius 1 is 1.12 bits per heavy atom. The van der Waals surface area contributed by atoms with E-state index in [-0.39, 0.29) is 11.4 Å².